The Bertz CT molecular complexity index is 354. The normalized spacial score (nSPS) is 12.1. The van der Waals surface area contributed by atoms with Crippen LogP contribution in [0.2, 0.25) is 5.02 Å². The van der Waals surface area contributed by atoms with E-state index in [9.17, 15) is 0 Å². The van der Waals surface area contributed by atoms with Gasteiger partial charge in [0.2, 0.25) is 0 Å². The van der Waals surface area contributed by atoms with Gasteiger partial charge in [0.1, 0.15) is 12.4 Å². The van der Waals surface area contributed by atoms with Gasteiger partial charge in [0.05, 0.1) is 6.04 Å². The first-order valence-corrected chi connectivity index (χ1v) is 7.09. The highest BCUT2D eigenvalue weighted by Crippen LogP contribution is 2.16. The van der Waals surface area contributed by atoms with E-state index in [1.54, 1.807) is 0 Å². The molecule has 106 valence electrons. The van der Waals surface area contributed by atoms with Gasteiger partial charge in [0, 0.05) is 5.02 Å². The molecule has 0 radical (unpaired) electrons. The molecule has 1 unspecified atom stereocenters. The van der Waals surface area contributed by atoms with Crippen LogP contribution in [0.1, 0.15) is 32.1 Å². The van der Waals surface area contributed by atoms with E-state index in [0.29, 0.717) is 11.6 Å². The van der Waals surface area contributed by atoms with Crippen LogP contribution in [-0.2, 0) is 0 Å². The van der Waals surface area contributed by atoms with Crippen molar-refractivity contribution in [3.63, 3.8) is 0 Å². The fourth-order valence-corrected chi connectivity index (χ4v) is 1.92. The van der Waals surface area contributed by atoms with Gasteiger partial charge in [-0.1, -0.05) is 30.5 Å². The Hall–Kier alpha value is -1.03. The Morgan fingerprint density at radius 2 is 2.00 bits per heavy atom. The van der Waals surface area contributed by atoms with Crippen molar-refractivity contribution in [3.8, 4) is 5.75 Å². The molecule has 19 heavy (non-hydrogen) atoms. The van der Waals surface area contributed by atoms with Crippen LogP contribution < -0.4 is 16.0 Å². The molecule has 1 atom stereocenters. The second kappa shape index (κ2) is 9.84. The minimum absolute atomic E-state index is 0.180. The highest BCUT2D eigenvalue weighted by Gasteiger charge is 2.07. The Morgan fingerprint density at radius 1 is 1.26 bits per heavy atom. The van der Waals surface area contributed by atoms with Crippen molar-refractivity contribution in [1.82, 2.24) is 5.43 Å². The quantitative estimate of drug-likeness (QED) is 0.298. The molecule has 0 aliphatic rings. The SMILES string of the molecule is C=CCCCCCC(COc1ccc(Cl)cc1)NN. The van der Waals surface area contributed by atoms with Crippen LogP contribution in [0.25, 0.3) is 0 Å². The molecule has 0 aliphatic heterocycles. The lowest BCUT2D eigenvalue weighted by Crippen LogP contribution is -2.39. The fourth-order valence-electron chi connectivity index (χ4n) is 1.80. The van der Waals surface area contributed by atoms with Gasteiger partial charge in [-0.05, 0) is 43.5 Å². The molecule has 0 saturated carbocycles. The van der Waals surface area contributed by atoms with Gasteiger partial charge in [0.15, 0.2) is 0 Å². The van der Waals surface area contributed by atoms with Crippen LogP contribution in [0.4, 0.5) is 0 Å². The van der Waals surface area contributed by atoms with Crippen LogP contribution in [0.5, 0.6) is 5.75 Å². The molecule has 1 rings (SSSR count). The minimum Gasteiger partial charge on any atom is -0.492 e. The zero-order chi connectivity index (χ0) is 13.9. The van der Waals surface area contributed by atoms with E-state index in [0.717, 1.165) is 25.0 Å². The van der Waals surface area contributed by atoms with Gasteiger partial charge in [-0.15, -0.1) is 6.58 Å². The van der Waals surface area contributed by atoms with Crippen molar-refractivity contribution in [2.45, 2.75) is 38.1 Å². The third-order valence-corrected chi connectivity index (χ3v) is 3.21. The topological polar surface area (TPSA) is 47.3 Å². The van der Waals surface area contributed by atoms with E-state index in [2.05, 4.69) is 12.0 Å². The summed E-state index contributed by atoms with van der Waals surface area (Å²) in [6.45, 7) is 4.29. The maximum atomic E-state index is 5.82. The summed E-state index contributed by atoms with van der Waals surface area (Å²) in [6.07, 6.45) is 7.60. The third kappa shape index (κ3) is 7.21. The van der Waals surface area contributed by atoms with Gasteiger partial charge in [-0.2, -0.15) is 0 Å². The minimum atomic E-state index is 0.180. The maximum Gasteiger partial charge on any atom is 0.119 e. The lowest BCUT2D eigenvalue weighted by atomic mass is 10.1. The third-order valence-electron chi connectivity index (χ3n) is 2.96. The second-order valence-corrected chi connectivity index (χ2v) is 4.99. The number of nitrogens with two attached hydrogens (primary N) is 1. The monoisotopic (exact) mass is 282 g/mol. The summed E-state index contributed by atoms with van der Waals surface area (Å²) in [4.78, 5) is 0. The average Bonchev–Trinajstić information content (AvgIpc) is 2.44. The molecule has 0 saturated heterocycles. The molecule has 3 N–H and O–H groups in total. The molecule has 0 fully saturated rings. The van der Waals surface area contributed by atoms with Crippen LogP contribution in [0, 0.1) is 0 Å². The molecule has 0 spiro atoms. The smallest absolute Gasteiger partial charge is 0.119 e. The van der Waals surface area contributed by atoms with Crippen LogP contribution in [0.3, 0.4) is 0 Å². The molecular formula is C15H23ClN2O. The van der Waals surface area contributed by atoms with Gasteiger partial charge >= 0.3 is 0 Å². The van der Waals surface area contributed by atoms with Gasteiger partial charge in [-0.3, -0.25) is 11.3 Å². The molecule has 0 bridgehead atoms. The number of benzene rings is 1. The lowest BCUT2D eigenvalue weighted by Gasteiger charge is -2.16. The maximum absolute atomic E-state index is 5.82. The fraction of sp³-hybridized carbons (Fsp3) is 0.467. The average molecular weight is 283 g/mol. The van der Waals surface area contributed by atoms with Crippen LogP contribution in [0.15, 0.2) is 36.9 Å². The van der Waals surface area contributed by atoms with Crippen molar-refractivity contribution in [3.05, 3.63) is 41.9 Å². The van der Waals surface area contributed by atoms with E-state index in [1.165, 1.54) is 12.8 Å². The summed E-state index contributed by atoms with van der Waals surface area (Å²) in [5.41, 5.74) is 2.80. The number of nitrogens with one attached hydrogen (secondary N) is 1. The first-order chi connectivity index (χ1) is 9.26. The van der Waals surface area contributed by atoms with E-state index in [4.69, 9.17) is 22.2 Å². The molecule has 0 aliphatic carbocycles. The van der Waals surface area contributed by atoms with Crippen molar-refractivity contribution < 1.29 is 4.74 Å². The number of hydrazine groups is 1. The molecule has 0 aromatic heterocycles. The van der Waals surface area contributed by atoms with Gasteiger partial charge in [0.25, 0.3) is 0 Å². The number of hydrogen-bond donors (Lipinski definition) is 2. The molecule has 1 aromatic carbocycles. The zero-order valence-electron chi connectivity index (χ0n) is 11.3. The van der Waals surface area contributed by atoms with Gasteiger partial charge in [-0.25, -0.2) is 0 Å². The standard InChI is InChI=1S/C15H23ClN2O/c1-2-3-4-5-6-7-14(18-17)12-19-15-10-8-13(16)9-11-15/h2,8-11,14,18H,1,3-7,12,17H2. The van der Waals surface area contributed by atoms with Crippen molar-refractivity contribution in [2.75, 3.05) is 6.61 Å². The number of ether oxygens (including phenoxy) is 1. The van der Waals surface area contributed by atoms with Crippen molar-refractivity contribution in [1.29, 1.82) is 0 Å². The Balaban J connectivity index is 2.20. The predicted molar refractivity (Wildman–Crippen MR) is 81.3 cm³/mol. The number of rotatable bonds is 10. The molecule has 4 heteroatoms. The molecule has 0 amide bonds. The summed E-state index contributed by atoms with van der Waals surface area (Å²) < 4.78 is 5.67. The van der Waals surface area contributed by atoms with E-state index in [1.807, 2.05) is 30.3 Å². The second-order valence-electron chi connectivity index (χ2n) is 4.56. The number of allylic oxidation sites excluding steroid dienone is 1. The van der Waals surface area contributed by atoms with Gasteiger partial charge < -0.3 is 4.74 Å². The van der Waals surface area contributed by atoms with Crippen LogP contribution >= 0.6 is 11.6 Å². The molecule has 1 aromatic rings. The molecular weight excluding hydrogens is 260 g/mol. The largest absolute Gasteiger partial charge is 0.492 e. The summed E-state index contributed by atoms with van der Waals surface area (Å²) in [7, 11) is 0. The van der Waals surface area contributed by atoms with Crippen molar-refractivity contribution in [2.24, 2.45) is 5.84 Å². The number of unbranched alkanes of at least 4 members (excludes halogenated alkanes) is 3. The van der Waals surface area contributed by atoms with E-state index < -0.39 is 0 Å². The zero-order valence-corrected chi connectivity index (χ0v) is 12.0. The van der Waals surface area contributed by atoms with Crippen molar-refractivity contribution >= 4 is 11.6 Å². The lowest BCUT2D eigenvalue weighted by molar-refractivity contribution is 0.254. The van der Waals surface area contributed by atoms with Crippen LogP contribution in [-0.4, -0.2) is 12.6 Å². The number of hydrogen-bond acceptors (Lipinski definition) is 3. The summed E-state index contributed by atoms with van der Waals surface area (Å²) >= 11 is 5.82. The molecule has 0 heterocycles. The summed E-state index contributed by atoms with van der Waals surface area (Å²) in [5.74, 6) is 6.35. The first-order valence-electron chi connectivity index (χ1n) is 6.71. The highest BCUT2D eigenvalue weighted by molar-refractivity contribution is 6.30. The Morgan fingerprint density at radius 3 is 2.63 bits per heavy atom. The molecule has 3 nitrogen and oxygen atoms in total. The number of halogens is 1. The van der Waals surface area contributed by atoms with E-state index >= 15 is 0 Å². The Kier molecular flexibility index (Phi) is 8.30. The predicted octanol–water partition coefficient (Wildman–Crippen LogP) is 3.69. The van der Waals surface area contributed by atoms with E-state index in [-0.39, 0.29) is 6.04 Å². The summed E-state index contributed by atoms with van der Waals surface area (Å²) in [6, 6.07) is 7.54. The Labute approximate surface area is 120 Å². The highest BCUT2D eigenvalue weighted by atomic mass is 35.5. The summed E-state index contributed by atoms with van der Waals surface area (Å²) in [5, 5.41) is 0.711. The first kappa shape index (κ1) is 16.0.